The molecule has 0 aliphatic carbocycles. The Morgan fingerprint density at radius 1 is 1.08 bits per heavy atom. The van der Waals surface area contributed by atoms with Gasteiger partial charge in [0, 0.05) is 52.8 Å². The van der Waals surface area contributed by atoms with E-state index < -0.39 is 0 Å². The SMILES string of the molecule is Cc1ncc(C#N)c(Nc2ccc3[nH]ccc3c2C)c1C=Cc1ccc(CN2CCC(N(C)C)CC2)cc1. The number of anilines is 2. The number of hydrogen-bond donors (Lipinski definition) is 2. The number of nitriles is 1. The highest BCUT2D eigenvalue weighted by Gasteiger charge is 2.20. The first-order chi connectivity index (χ1) is 18.4. The molecule has 0 atom stereocenters. The molecular formula is C32H36N6. The summed E-state index contributed by atoms with van der Waals surface area (Å²) in [5, 5.41) is 14.6. The molecule has 6 nitrogen and oxygen atoms in total. The number of H-pyrrole nitrogens is 1. The second kappa shape index (κ2) is 11.2. The van der Waals surface area contributed by atoms with Gasteiger partial charge in [-0.3, -0.25) is 9.88 Å². The lowest BCUT2D eigenvalue weighted by molar-refractivity contribution is 0.140. The van der Waals surface area contributed by atoms with Crippen molar-refractivity contribution in [2.75, 3.05) is 32.5 Å². The van der Waals surface area contributed by atoms with Crippen LogP contribution in [0.4, 0.5) is 11.4 Å². The molecule has 1 aliphatic heterocycles. The predicted molar refractivity (Wildman–Crippen MR) is 157 cm³/mol. The average molecular weight is 505 g/mol. The van der Waals surface area contributed by atoms with E-state index in [1.165, 1.54) is 23.8 Å². The third kappa shape index (κ3) is 5.50. The van der Waals surface area contributed by atoms with Crippen LogP contribution in [0.3, 0.4) is 0 Å². The van der Waals surface area contributed by atoms with Gasteiger partial charge in [0.05, 0.1) is 11.3 Å². The van der Waals surface area contributed by atoms with Gasteiger partial charge in [0.1, 0.15) is 6.07 Å². The van der Waals surface area contributed by atoms with Crippen molar-refractivity contribution in [3.8, 4) is 6.07 Å². The Bertz CT molecular complexity index is 1480. The fourth-order valence-electron chi connectivity index (χ4n) is 5.36. The monoisotopic (exact) mass is 504 g/mol. The largest absolute Gasteiger partial charge is 0.361 e. The average Bonchev–Trinajstić information content (AvgIpc) is 3.41. The first-order valence-corrected chi connectivity index (χ1v) is 13.3. The summed E-state index contributed by atoms with van der Waals surface area (Å²) in [6.07, 6.45) is 10.2. The Hall–Kier alpha value is -3.92. The van der Waals surface area contributed by atoms with Gasteiger partial charge < -0.3 is 15.2 Å². The van der Waals surface area contributed by atoms with Crippen molar-refractivity contribution < 1.29 is 0 Å². The summed E-state index contributed by atoms with van der Waals surface area (Å²) in [5.74, 6) is 0. The van der Waals surface area contributed by atoms with Crippen LogP contribution in [0.15, 0.2) is 54.9 Å². The second-order valence-corrected chi connectivity index (χ2v) is 10.5. The van der Waals surface area contributed by atoms with E-state index >= 15 is 0 Å². The van der Waals surface area contributed by atoms with E-state index in [1.54, 1.807) is 6.20 Å². The topological polar surface area (TPSA) is 71.0 Å². The van der Waals surface area contributed by atoms with Crippen molar-refractivity contribution in [2.45, 2.75) is 39.3 Å². The van der Waals surface area contributed by atoms with E-state index in [0.29, 0.717) is 11.6 Å². The lowest BCUT2D eigenvalue weighted by Gasteiger charge is -2.35. The van der Waals surface area contributed by atoms with Crippen molar-refractivity contribution in [1.82, 2.24) is 19.8 Å². The van der Waals surface area contributed by atoms with E-state index in [9.17, 15) is 5.26 Å². The molecule has 4 aromatic rings. The highest BCUT2D eigenvalue weighted by molar-refractivity contribution is 5.90. The van der Waals surface area contributed by atoms with Crippen molar-refractivity contribution in [3.63, 3.8) is 0 Å². The zero-order valence-corrected chi connectivity index (χ0v) is 22.8. The lowest BCUT2D eigenvalue weighted by Crippen LogP contribution is -2.41. The number of nitrogens with zero attached hydrogens (tertiary/aromatic N) is 4. The minimum absolute atomic E-state index is 0.525. The van der Waals surface area contributed by atoms with E-state index in [1.807, 2.05) is 13.1 Å². The van der Waals surface area contributed by atoms with Crippen LogP contribution < -0.4 is 5.32 Å². The number of likely N-dealkylation sites (tertiary alicyclic amines) is 1. The molecule has 38 heavy (non-hydrogen) atoms. The first kappa shape index (κ1) is 25.7. The fourth-order valence-corrected chi connectivity index (χ4v) is 5.36. The Kier molecular flexibility index (Phi) is 7.59. The van der Waals surface area contributed by atoms with Crippen molar-refractivity contribution in [2.24, 2.45) is 0 Å². The summed E-state index contributed by atoms with van der Waals surface area (Å²) in [6, 6.07) is 18.0. The minimum Gasteiger partial charge on any atom is -0.361 e. The smallest absolute Gasteiger partial charge is 0.103 e. The number of benzene rings is 2. The molecule has 0 unspecified atom stereocenters. The number of rotatable bonds is 7. The maximum Gasteiger partial charge on any atom is 0.103 e. The zero-order valence-electron chi connectivity index (χ0n) is 22.8. The summed E-state index contributed by atoms with van der Waals surface area (Å²) >= 11 is 0. The summed E-state index contributed by atoms with van der Waals surface area (Å²) < 4.78 is 0. The maximum absolute atomic E-state index is 9.85. The molecule has 0 bridgehead atoms. The fraction of sp³-hybridized carbons (Fsp3) is 0.312. The molecule has 0 radical (unpaired) electrons. The van der Waals surface area contributed by atoms with Crippen molar-refractivity contribution in [1.29, 1.82) is 5.26 Å². The van der Waals surface area contributed by atoms with E-state index in [-0.39, 0.29) is 0 Å². The molecule has 194 valence electrons. The molecule has 1 saturated heterocycles. The molecule has 1 fully saturated rings. The third-order valence-electron chi connectivity index (χ3n) is 7.82. The van der Waals surface area contributed by atoms with Crippen LogP contribution in [0.5, 0.6) is 0 Å². The first-order valence-electron chi connectivity index (χ1n) is 13.3. The molecule has 0 amide bonds. The molecular weight excluding hydrogens is 468 g/mol. The van der Waals surface area contributed by atoms with Crippen LogP contribution >= 0.6 is 0 Å². The van der Waals surface area contributed by atoms with Gasteiger partial charge in [-0.25, -0.2) is 0 Å². The standard InChI is InChI=1S/C32H36N6/c1-22-28-13-16-34-31(28)12-11-30(22)36-32-26(19-33)20-35-23(2)29(32)10-9-24-5-7-25(8-6-24)21-38-17-14-27(15-18-38)37(3)4/h5-13,16,20,27,34H,14-15,17-18,21H2,1-4H3,(H,35,36). The van der Waals surface area contributed by atoms with Crippen LogP contribution in [-0.4, -0.2) is 53.0 Å². The molecule has 0 saturated carbocycles. The molecule has 0 spiro atoms. The number of piperidine rings is 1. The number of pyridine rings is 1. The Morgan fingerprint density at radius 2 is 1.84 bits per heavy atom. The van der Waals surface area contributed by atoms with E-state index in [0.717, 1.165) is 58.9 Å². The summed E-state index contributed by atoms with van der Waals surface area (Å²) in [6.45, 7) is 7.38. The maximum atomic E-state index is 9.85. The van der Waals surface area contributed by atoms with Crippen LogP contribution in [0.25, 0.3) is 23.1 Å². The van der Waals surface area contributed by atoms with Gasteiger partial charge in [-0.05, 0) is 88.8 Å². The van der Waals surface area contributed by atoms with Crippen LogP contribution in [0, 0.1) is 25.2 Å². The Morgan fingerprint density at radius 3 is 2.55 bits per heavy atom. The molecule has 6 heteroatoms. The molecule has 2 aromatic carbocycles. The molecule has 3 heterocycles. The minimum atomic E-state index is 0.525. The van der Waals surface area contributed by atoms with Crippen LogP contribution in [-0.2, 0) is 6.54 Å². The quantitative estimate of drug-likeness (QED) is 0.301. The summed E-state index contributed by atoms with van der Waals surface area (Å²) in [4.78, 5) is 12.7. The Balaban J connectivity index is 1.34. The van der Waals surface area contributed by atoms with Gasteiger partial charge in [-0.2, -0.15) is 5.26 Å². The normalized spacial score (nSPS) is 14.9. The zero-order chi connectivity index (χ0) is 26.6. The van der Waals surface area contributed by atoms with Gasteiger partial charge in [-0.15, -0.1) is 0 Å². The van der Waals surface area contributed by atoms with Crippen molar-refractivity contribution in [3.05, 3.63) is 88.4 Å². The van der Waals surface area contributed by atoms with Gasteiger partial charge >= 0.3 is 0 Å². The van der Waals surface area contributed by atoms with Crippen molar-refractivity contribution >= 4 is 34.4 Å². The number of aromatic nitrogens is 2. The number of aryl methyl sites for hydroxylation is 2. The number of fused-ring (bicyclic) bond motifs is 1. The van der Waals surface area contributed by atoms with E-state index in [2.05, 4.69) is 107 Å². The highest BCUT2D eigenvalue weighted by atomic mass is 15.2. The lowest BCUT2D eigenvalue weighted by atomic mass is 10.0. The second-order valence-electron chi connectivity index (χ2n) is 10.5. The van der Waals surface area contributed by atoms with Crippen LogP contribution in [0.2, 0.25) is 0 Å². The van der Waals surface area contributed by atoms with E-state index in [4.69, 9.17) is 0 Å². The summed E-state index contributed by atoms with van der Waals surface area (Å²) in [5.41, 5.74) is 8.79. The Labute approximate surface area is 225 Å². The highest BCUT2D eigenvalue weighted by Crippen LogP contribution is 2.32. The van der Waals surface area contributed by atoms with Gasteiger partial charge in [-0.1, -0.05) is 36.4 Å². The predicted octanol–water partition coefficient (Wildman–Crippen LogP) is 6.49. The third-order valence-corrected chi connectivity index (χ3v) is 7.82. The molecule has 1 aliphatic rings. The molecule has 2 aromatic heterocycles. The number of hydrogen-bond acceptors (Lipinski definition) is 5. The number of nitrogens with one attached hydrogen (secondary N) is 2. The van der Waals surface area contributed by atoms with Gasteiger partial charge in [0.25, 0.3) is 0 Å². The summed E-state index contributed by atoms with van der Waals surface area (Å²) in [7, 11) is 4.37. The van der Waals surface area contributed by atoms with Gasteiger partial charge in [0.15, 0.2) is 0 Å². The molecule has 2 N–H and O–H groups in total. The number of aromatic amines is 1. The van der Waals surface area contributed by atoms with Crippen LogP contribution in [0.1, 0.15) is 46.4 Å². The van der Waals surface area contributed by atoms with Gasteiger partial charge in [0.2, 0.25) is 0 Å². The molecule has 5 rings (SSSR count).